The van der Waals surface area contributed by atoms with E-state index in [4.69, 9.17) is 0 Å². The minimum Gasteiger partial charge on any atom is -0.345 e. The molecular weight excluding hydrogens is 461 g/mol. The van der Waals surface area contributed by atoms with Crippen LogP contribution in [0.15, 0.2) is 48.8 Å². The van der Waals surface area contributed by atoms with E-state index in [1.54, 1.807) is 19.3 Å². The molecule has 2 N–H and O–H groups in total. The Labute approximate surface area is 200 Å². The molecule has 1 atom stereocenters. The Morgan fingerprint density at radius 3 is 2.65 bits per heavy atom. The summed E-state index contributed by atoms with van der Waals surface area (Å²) in [4.78, 5) is 20.4. The van der Waals surface area contributed by atoms with E-state index in [0.717, 1.165) is 40.9 Å². The number of nitrogens with zero attached hydrogens (tertiary/aromatic N) is 2. The standard InChI is InChI=1S/C25H27F3N4OS/c1-16(17-6-4-7-18(14-17)19-8-5-12-29-15-19)31-24(33)22-23(25(26,27)28)32-21(34-22)11-13-30-20-9-2-3-10-20/h4-8,12,14-16,20,30H,2-3,9-11,13H2,1H3,(H,31,33). The lowest BCUT2D eigenvalue weighted by molar-refractivity contribution is -0.141. The summed E-state index contributed by atoms with van der Waals surface area (Å²) in [5.41, 5.74) is 1.51. The van der Waals surface area contributed by atoms with E-state index in [1.165, 1.54) is 12.8 Å². The van der Waals surface area contributed by atoms with Crippen LogP contribution < -0.4 is 10.6 Å². The van der Waals surface area contributed by atoms with E-state index in [9.17, 15) is 18.0 Å². The maximum Gasteiger partial charge on any atom is 0.435 e. The van der Waals surface area contributed by atoms with E-state index in [1.807, 2.05) is 36.4 Å². The van der Waals surface area contributed by atoms with Gasteiger partial charge in [-0.3, -0.25) is 9.78 Å². The number of hydrogen-bond donors (Lipinski definition) is 2. The number of carbonyl (C=O) groups is 1. The number of alkyl halides is 3. The lowest BCUT2D eigenvalue weighted by Gasteiger charge is -2.16. The largest absolute Gasteiger partial charge is 0.435 e. The third kappa shape index (κ3) is 6.01. The van der Waals surface area contributed by atoms with Crippen LogP contribution in [0.3, 0.4) is 0 Å². The smallest absolute Gasteiger partial charge is 0.345 e. The van der Waals surface area contributed by atoms with Crippen LogP contribution in [0, 0.1) is 0 Å². The van der Waals surface area contributed by atoms with Crippen LogP contribution in [0.5, 0.6) is 0 Å². The van der Waals surface area contributed by atoms with Gasteiger partial charge in [0.05, 0.1) is 11.0 Å². The van der Waals surface area contributed by atoms with Crippen LogP contribution in [0.25, 0.3) is 11.1 Å². The van der Waals surface area contributed by atoms with Gasteiger partial charge >= 0.3 is 6.18 Å². The molecule has 2 aromatic heterocycles. The van der Waals surface area contributed by atoms with Gasteiger partial charge in [0.15, 0.2) is 5.69 Å². The molecule has 9 heteroatoms. The monoisotopic (exact) mass is 488 g/mol. The highest BCUT2D eigenvalue weighted by molar-refractivity contribution is 7.13. The zero-order valence-electron chi connectivity index (χ0n) is 18.9. The lowest BCUT2D eigenvalue weighted by atomic mass is 10.0. The minimum atomic E-state index is -4.69. The summed E-state index contributed by atoms with van der Waals surface area (Å²) in [6.07, 6.45) is 3.64. The van der Waals surface area contributed by atoms with Gasteiger partial charge in [0.25, 0.3) is 5.91 Å². The summed E-state index contributed by atoms with van der Waals surface area (Å²) in [5.74, 6) is -0.765. The molecule has 5 nitrogen and oxygen atoms in total. The first kappa shape index (κ1) is 24.3. The molecule has 1 fully saturated rings. The van der Waals surface area contributed by atoms with E-state index < -0.39 is 28.7 Å². The Bertz CT molecular complexity index is 1110. The van der Waals surface area contributed by atoms with Crippen LogP contribution in [-0.4, -0.2) is 28.5 Å². The molecule has 0 bridgehead atoms. The molecule has 1 saturated carbocycles. The predicted molar refractivity (Wildman–Crippen MR) is 127 cm³/mol. The first-order valence-corrected chi connectivity index (χ1v) is 12.2. The van der Waals surface area contributed by atoms with Gasteiger partial charge < -0.3 is 10.6 Å². The molecule has 1 aliphatic rings. The van der Waals surface area contributed by atoms with Crippen molar-refractivity contribution < 1.29 is 18.0 Å². The Morgan fingerprint density at radius 1 is 1.18 bits per heavy atom. The van der Waals surface area contributed by atoms with Gasteiger partial charge in [-0.1, -0.05) is 37.1 Å². The van der Waals surface area contributed by atoms with Crippen molar-refractivity contribution in [1.29, 1.82) is 0 Å². The number of benzene rings is 1. The number of thiazole rings is 1. The molecule has 3 aromatic rings. The molecule has 0 spiro atoms. The quantitative estimate of drug-likeness (QED) is 0.421. The van der Waals surface area contributed by atoms with Gasteiger partial charge in [-0.05, 0) is 48.6 Å². The molecule has 0 radical (unpaired) electrons. The van der Waals surface area contributed by atoms with Crippen molar-refractivity contribution in [2.24, 2.45) is 0 Å². The van der Waals surface area contributed by atoms with Crippen LogP contribution in [0.1, 0.15) is 64.6 Å². The number of rotatable bonds is 8. The Balaban J connectivity index is 1.46. The number of halogens is 3. The highest BCUT2D eigenvalue weighted by atomic mass is 32.1. The molecule has 1 amide bonds. The molecule has 4 rings (SSSR count). The molecule has 2 heterocycles. The molecule has 180 valence electrons. The third-order valence-electron chi connectivity index (χ3n) is 6.00. The van der Waals surface area contributed by atoms with Crippen molar-refractivity contribution in [3.8, 4) is 11.1 Å². The van der Waals surface area contributed by atoms with Gasteiger partial charge in [-0.2, -0.15) is 13.2 Å². The fraction of sp³-hybridized carbons (Fsp3) is 0.400. The van der Waals surface area contributed by atoms with Crippen molar-refractivity contribution >= 4 is 17.2 Å². The summed E-state index contributed by atoms with van der Waals surface area (Å²) in [5, 5.41) is 6.41. The first-order valence-electron chi connectivity index (χ1n) is 11.4. The summed E-state index contributed by atoms with van der Waals surface area (Å²) in [6, 6.07) is 11.2. The van der Waals surface area contributed by atoms with Crippen molar-refractivity contribution in [1.82, 2.24) is 20.6 Å². The van der Waals surface area contributed by atoms with Gasteiger partial charge in [0.2, 0.25) is 0 Å². The maximum atomic E-state index is 13.6. The van der Waals surface area contributed by atoms with Crippen LogP contribution >= 0.6 is 11.3 Å². The first-order chi connectivity index (χ1) is 16.3. The van der Waals surface area contributed by atoms with E-state index >= 15 is 0 Å². The number of amides is 1. The molecule has 0 aliphatic heterocycles. The molecule has 1 aliphatic carbocycles. The summed E-state index contributed by atoms with van der Waals surface area (Å²) < 4.78 is 40.9. The minimum absolute atomic E-state index is 0.314. The van der Waals surface area contributed by atoms with Gasteiger partial charge in [-0.25, -0.2) is 4.98 Å². The van der Waals surface area contributed by atoms with Gasteiger partial charge in [0.1, 0.15) is 4.88 Å². The second-order valence-electron chi connectivity index (χ2n) is 8.53. The highest BCUT2D eigenvalue weighted by Crippen LogP contribution is 2.35. The van der Waals surface area contributed by atoms with Crippen LogP contribution in [0.4, 0.5) is 13.2 Å². The van der Waals surface area contributed by atoms with E-state index in [-0.39, 0.29) is 0 Å². The number of hydrogen-bond acceptors (Lipinski definition) is 5. The summed E-state index contributed by atoms with van der Waals surface area (Å²) in [7, 11) is 0. The second-order valence-corrected chi connectivity index (χ2v) is 9.61. The van der Waals surface area contributed by atoms with Gasteiger partial charge in [0, 0.05) is 31.4 Å². The average molecular weight is 489 g/mol. The highest BCUT2D eigenvalue weighted by Gasteiger charge is 2.39. The van der Waals surface area contributed by atoms with Crippen molar-refractivity contribution in [3.63, 3.8) is 0 Å². The number of carbonyl (C=O) groups excluding carboxylic acids is 1. The SMILES string of the molecule is CC(NC(=O)c1sc(CCNC2CCCC2)nc1C(F)(F)F)c1cccc(-c2cccnc2)c1. The van der Waals surface area contributed by atoms with E-state index in [2.05, 4.69) is 20.6 Å². The van der Waals surface area contributed by atoms with Crippen molar-refractivity contribution in [2.75, 3.05) is 6.54 Å². The van der Waals surface area contributed by atoms with Crippen LogP contribution in [-0.2, 0) is 12.6 Å². The zero-order valence-corrected chi connectivity index (χ0v) is 19.7. The van der Waals surface area contributed by atoms with E-state index in [0.29, 0.717) is 24.0 Å². The number of aromatic nitrogens is 2. The fourth-order valence-corrected chi connectivity index (χ4v) is 5.18. The Kier molecular flexibility index (Phi) is 7.63. The molecule has 1 aromatic carbocycles. The Hall–Kier alpha value is -2.78. The average Bonchev–Trinajstić information content (AvgIpc) is 3.50. The summed E-state index contributed by atoms with van der Waals surface area (Å²) >= 11 is 0.823. The van der Waals surface area contributed by atoms with Crippen molar-refractivity contribution in [3.05, 3.63) is 69.9 Å². The fourth-order valence-electron chi connectivity index (χ4n) is 4.20. The van der Waals surface area contributed by atoms with Crippen LogP contribution in [0.2, 0.25) is 0 Å². The lowest BCUT2D eigenvalue weighted by Crippen LogP contribution is -2.28. The Morgan fingerprint density at radius 2 is 1.94 bits per heavy atom. The number of pyridine rings is 1. The van der Waals surface area contributed by atoms with Crippen molar-refractivity contribution in [2.45, 2.75) is 57.3 Å². The third-order valence-corrected chi connectivity index (χ3v) is 7.12. The topological polar surface area (TPSA) is 66.9 Å². The zero-order chi connectivity index (χ0) is 24.1. The molecule has 34 heavy (non-hydrogen) atoms. The molecular formula is C25H27F3N4OS. The molecule has 1 unspecified atom stereocenters. The second kappa shape index (κ2) is 10.7. The maximum absolute atomic E-state index is 13.6. The predicted octanol–water partition coefficient (Wildman–Crippen LogP) is 5.79. The normalized spacial score (nSPS) is 15.4. The van der Waals surface area contributed by atoms with Gasteiger partial charge in [-0.15, -0.1) is 11.3 Å². The molecule has 0 saturated heterocycles. The summed E-state index contributed by atoms with van der Waals surface area (Å²) in [6.45, 7) is 2.30. The number of nitrogens with one attached hydrogen (secondary N) is 2.